The summed E-state index contributed by atoms with van der Waals surface area (Å²) in [4.78, 5) is 0. The van der Waals surface area contributed by atoms with Crippen molar-refractivity contribution in [3.63, 3.8) is 0 Å². The third kappa shape index (κ3) is 3.08. The summed E-state index contributed by atoms with van der Waals surface area (Å²) in [7, 11) is 0. The summed E-state index contributed by atoms with van der Waals surface area (Å²) in [6, 6.07) is 18.3. The fourth-order valence-electron chi connectivity index (χ4n) is 1.67. The van der Waals surface area contributed by atoms with Crippen molar-refractivity contribution in [3.05, 3.63) is 60.2 Å². The SMILES string of the molecule is CC(C)(N)c1ccc(Nc2ccccc2)cc1. The van der Waals surface area contributed by atoms with Gasteiger partial charge in [0.2, 0.25) is 0 Å². The first-order valence-electron chi connectivity index (χ1n) is 5.77. The third-order valence-electron chi connectivity index (χ3n) is 2.69. The lowest BCUT2D eigenvalue weighted by atomic mass is 9.96. The standard InChI is InChI=1S/C15H18N2/c1-15(2,16)12-8-10-14(11-9-12)17-13-6-4-3-5-7-13/h3-11,17H,16H2,1-2H3. The molecule has 0 fully saturated rings. The number of nitrogens with one attached hydrogen (secondary N) is 1. The van der Waals surface area contributed by atoms with Gasteiger partial charge in [-0.05, 0) is 43.7 Å². The minimum Gasteiger partial charge on any atom is -0.356 e. The van der Waals surface area contributed by atoms with E-state index in [0.29, 0.717) is 0 Å². The maximum atomic E-state index is 6.04. The Kier molecular flexibility index (Phi) is 3.16. The van der Waals surface area contributed by atoms with Gasteiger partial charge < -0.3 is 11.1 Å². The van der Waals surface area contributed by atoms with Gasteiger partial charge in [-0.3, -0.25) is 0 Å². The van der Waals surface area contributed by atoms with Gasteiger partial charge in [0.1, 0.15) is 0 Å². The highest BCUT2D eigenvalue weighted by atomic mass is 14.9. The van der Waals surface area contributed by atoms with E-state index in [1.165, 1.54) is 0 Å². The first-order chi connectivity index (χ1) is 8.05. The van der Waals surface area contributed by atoms with Crippen LogP contribution in [0.15, 0.2) is 54.6 Å². The molecule has 0 aliphatic rings. The second kappa shape index (κ2) is 4.60. The molecule has 0 saturated heterocycles. The molecule has 0 radical (unpaired) electrons. The smallest absolute Gasteiger partial charge is 0.0384 e. The zero-order chi connectivity index (χ0) is 12.3. The Morgan fingerprint density at radius 2 is 1.35 bits per heavy atom. The first kappa shape index (κ1) is 11.7. The Balaban J connectivity index is 2.14. The summed E-state index contributed by atoms with van der Waals surface area (Å²) in [5.41, 5.74) is 9.05. The van der Waals surface area contributed by atoms with Crippen LogP contribution in [0.25, 0.3) is 0 Å². The molecule has 2 aromatic rings. The second-order valence-electron chi connectivity index (χ2n) is 4.79. The van der Waals surface area contributed by atoms with Crippen LogP contribution in [-0.2, 0) is 5.54 Å². The Morgan fingerprint density at radius 1 is 0.824 bits per heavy atom. The molecule has 88 valence electrons. The molecule has 0 spiro atoms. The summed E-state index contributed by atoms with van der Waals surface area (Å²) >= 11 is 0. The van der Waals surface area contributed by atoms with Crippen molar-refractivity contribution in [1.82, 2.24) is 0 Å². The molecule has 0 aliphatic carbocycles. The predicted molar refractivity (Wildman–Crippen MR) is 73.4 cm³/mol. The van der Waals surface area contributed by atoms with Crippen molar-refractivity contribution in [1.29, 1.82) is 0 Å². The molecule has 0 atom stereocenters. The molecule has 0 aliphatic heterocycles. The Hall–Kier alpha value is -1.80. The predicted octanol–water partition coefficient (Wildman–Crippen LogP) is 3.62. The number of anilines is 2. The first-order valence-corrected chi connectivity index (χ1v) is 5.77. The van der Waals surface area contributed by atoms with Crippen molar-refractivity contribution in [2.45, 2.75) is 19.4 Å². The van der Waals surface area contributed by atoms with E-state index >= 15 is 0 Å². The third-order valence-corrected chi connectivity index (χ3v) is 2.69. The molecule has 0 amide bonds. The molecule has 0 aromatic heterocycles. The molecule has 2 nitrogen and oxygen atoms in total. The van der Waals surface area contributed by atoms with E-state index in [2.05, 4.69) is 29.6 Å². The van der Waals surface area contributed by atoms with E-state index in [1.54, 1.807) is 0 Å². The zero-order valence-electron chi connectivity index (χ0n) is 10.3. The van der Waals surface area contributed by atoms with Crippen molar-refractivity contribution in [2.24, 2.45) is 5.73 Å². The fraction of sp³-hybridized carbons (Fsp3) is 0.200. The Labute approximate surface area is 102 Å². The van der Waals surface area contributed by atoms with Crippen LogP contribution >= 0.6 is 0 Å². The summed E-state index contributed by atoms with van der Waals surface area (Å²) in [5.74, 6) is 0. The minimum atomic E-state index is -0.286. The number of rotatable bonds is 3. The van der Waals surface area contributed by atoms with Gasteiger partial charge in [-0.15, -0.1) is 0 Å². The number of nitrogens with two attached hydrogens (primary N) is 1. The molecule has 2 heteroatoms. The van der Waals surface area contributed by atoms with E-state index in [1.807, 2.05) is 44.2 Å². The van der Waals surface area contributed by atoms with Gasteiger partial charge in [0, 0.05) is 16.9 Å². The van der Waals surface area contributed by atoms with Crippen LogP contribution in [0.2, 0.25) is 0 Å². The van der Waals surface area contributed by atoms with E-state index in [0.717, 1.165) is 16.9 Å². The van der Waals surface area contributed by atoms with E-state index in [4.69, 9.17) is 5.73 Å². The van der Waals surface area contributed by atoms with Gasteiger partial charge in [0.05, 0.1) is 0 Å². The second-order valence-corrected chi connectivity index (χ2v) is 4.79. The largest absolute Gasteiger partial charge is 0.356 e. The average Bonchev–Trinajstić information content (AvgIpc) is 2.30. The lowest BCUT2D eigenvalue weighted by Crippen LogP contribution is -2.28. The lowest BCUT2D eigenvalue weighted by Gasteiger charge is -2.19. The van der Waals surface area contributed by atoms with E-state index in [9.17, 15) is 0 Å². The van der Waals surface area contributed by atoms with Gasteiger partial charge >= 0.3 is 0 Å². The summed E-state index contributed by atoms with van der Waals surface area (Å²) in [5, 5.41) is 3.34. The van der Waals surface area contributed by atoms with Gasteiger partial charge in [0.25, 0.3) is 0 Å². The van der Waals surface area contributed by atoms with Crippen LogP contribution < -0.4 is 11.1 Å². The number of hydrogen-bond acceptors (Lipinski definition) is 2. The topological polar surface area (TPSA) is 38.0 Å². The molecular formula is C15H18N2. The van der Waals surface area contributed by atoms with E-state index in [-0.39, 0.29) is 5.54 Å². The molecule has 0 saturated carbocycles. The minimum absolute atomic E-state index is 0.286. The molecule has 2 aromatic carbocycles. The van der Waals surface area contributed by atoms with Crippen molar-refractivity contribution in [2.75, 3.05) is 5.32 Å². The van der Waals surface area contributed by atoms with Crippen molar-refractivity contribution < 1.29 is 0 Å². The van der Waals surface area contributed by atoms with Crippen LogP contribution in [0.3, 0.4) is 0 Å². The average molecular weight is 226 g/mol. The Morgan fingerprint density at radius 3 is 1.88 bits per heavy atom. The highest BCUT2D eigenvalue weighted by Crippen LogP contribution is 2.21. The maximum absolute atomic E-state index is 6.04. The van der Waals surface area contributed by atoms with Crippen molar-refractivity contribution >= 4 is 11.4 Å². The van der Waals surface area contributed by atoms with Crippen LogP contribution in [0.1, 0.15) is 19.4 Å². The van der Waals surface area contributed by atoms with Gasteiger partial charge in [-0.2, -0.15) is 0 Å². The molecule has 0 bridgehead atoms. The molecular weight excluding hydrogens is 208 g/mol. The monoisotopic (exact) mass is 226 g/mol. The highest BCUT2D eigenvalue weighted by Gasteiger charge is 2.12. The van der Waals surface area contributed by atoms with Crippen LogP contribution in [0.4, 0.5) is 11.4 Å². The molecule has 17 heavy (non-hydrogen) atoms. The normalized spacial score (nSPS) is 11.2. The van der Waals surface area contributed by atoms with Crippen LogP contribution in [0.5, 0.6) is 0 Å². The lowest BCUT2D eigenvalue weighted by molar-refractivity contribution is 0.554. The molecule has 0 unspecified atom stereocenters. The molecule has 2 rings (SSSR count). The Bertz CT molecular complexity index is 467. The summed E-state index contributed by atoms with van der Waals surface area (Å²) < 4.78 is 0. The summed E-state index contributed by atoms with van der Waals surface area (Å²) in [6.45, 7) is 4.01. The summed E-state index contributed by atoms with van der Waals surface area (Å²) in [6.07, 6.45) is 0. The van der Waals surface area contributed by atoms with Gasteiger partial charge in [-0.25, -0.2) is 0 Å². The van der Waals surface area contributed by atoms with Crippen LogP contribution in [0, 0.1) is 0 Å². The molecule has 3 N–H and O–H groups in total. The zero-order valence-corrected chi connectivity index (χ0v) is 10.3. The number of para-hydroxylation sites is 1. The number of hydrogen-bond donors (Lipinski definition) is 2. The van der Waals surface area contributed by atoms with Gasteiger partial charge in [-0.1, -0.05) is 30.3 Å². The quantitative estimate of drug-likeness (QED) is 0.838. The van der Waals surface area contributed by atoms with Crippen LogP contribution in [-0.4, -0.2) is 0 Å². The molecule has 0 heterocycles. The number of benzene rings is 2. The highest BCUT2D eigenvalue weighted by molar-refractivity contribution is 5.59. The van der Waals surface area contributed by atoms with Gasteiger partial charge in [0.15, 0.2) is 0 Å². The van der Waals surface area contributed by atoms with E-state index < -0.39 is 0 Å². The maximum Gasteiger partial charge on any atom is 0.0384 e. The fourth-order valence-corrected chi connectivity index (χ4v) is 1.67. The van der Waals surface area contributed by atoms with Crippen molar-refractivity contribution in [3.8, 4) is 0 Å².